The molecule has 1 aliphatic rings. The summed E-state index contributed by atoms with van der Waals surface area (Å²) in [7, 11) is 1.67. The zero-order chi connectivity index (χ0) is 17.9. The first-order valence-electron chi connectivity index (χ1n) is 8.66. The Hall–Kier alpha value is -2.38. The molecule has 4 rings (SSSR count). The minimum atomic E-state index is 0.306. The first-order chi connectivity index (χ1) is 12.8. The summed E-state index contributed by atoms with van der Waals surface area (Å²) in [6, 6.07) is 10.1. The number of benzene rings is 1. The van der Waals surface area contributed by atoms with Gasteiger partial charge < -0.3 is 14.0 Å². The largest absolute Gasteiger partial charge is 0.493 e. The van der Waals surface area contributed by atoms with Crippen molar-refractivity contribution in [3.63, 3.8) is 0 Å². The summed E-state index contributed by atoms with van der Waals surface area (Å²) in [6.07, 6.45) is 0. The van der Waals surface area contributed by atoms with Gasteiger partial charge in [0.1, 0.15) is 0 Å². The van der Waals surface area contributed by atoms with Crippen LogP contribution in [0, 0.1) is 0 Å². The fraction of sp³-hybridized carbons (Fsp3) is 0.368. The van der Waals surface area contributed by atoms with E-state index in [4.69, 9.17) is 14.0 Å². The molecule has 7 heteroatoms. The molecule has 1 aliphatic heterocycles. The molecule has 0 spiro atoms. The number of nitrogens with zero attached hydrogens (tertiary/aromatic N) is 3. The van der Waals surface area contributed by atoms with E-state index in [9.17, 15) is 0 Å². The van der Waals surface area contributed by atoms with Crippen molar-refractivity contribution in [2.24, 2.45) is 0 Å². The zero-order valence-electron chi connectivity index (χ0n) is 14.8. The standard InChI is InChI=1S/C19H21N3O3S/c1-3-24-15-7-6-13(9-16(15)23-2)10-22-11-14(12-22)19-20-18(21-25-19)17-5-4-8-26-17/h4-9,14H,3,10-12H2,1-2H3. The van der Waals surface area contributed by atoms with E-state index < -0.39 is 0 Å². The molecule has 1 fully saturated rings. The van der Waals surface area contributed by atoms with Crippen molar-refractivity contribution < 1.29 is 14.0 Å². The highest BCUT2D eigenvalue weighted by Gasteiger charge is 2.32. The molecule has 6 nitrogen and oxygen atoms in total. The third kappa shape index (κ3) is 3.45. The summed E-state index contributed by atoms with van der Waals surface area (Å²) >= 11 is 1.62. The summed E-state index contributed by atoms with van der Waals surface area (Å²) in [5.74, 6) is 3.28. The van der Waals surface area contributed by atoms with Crippen molar-refractivity contribution in [3.05, 3.63) is 47.2 Å². The van der Waals surface area contributed by atoms with Crippen LogP contribution in [0.3, 0.4) is 0 Å². The molecular formula is C19H21N3O3S. The Kier molecular flexibility index (Phi) is 4.90. The number of aromatic nitrogens is 2. The molecule has 1 aromatic carbocycles. The molecule has 0 saturated carbocycles. The summed E-state index contributed by atoms with van der Waals surface area (Å²) in [5.41, 5.74) is 1.20. The van der Waals surface area contributed by atoms with Gasteiger partial charge in [0.15, 0.2) is 11.5 Å². The van der Waals surface area contributed by atoms with Gasteiger partial charge >= 0.3 is 0 Å². The van der Waals surface area contributed by atoms with Crippen LogP contribution in [-0.4, -0.2) is 41.8 Å². The van der Waals surface area contributed by atoms with E-state index in [0.29, 0.717) is 18.3 Å². The van der Waals surface area contributed by atoms with E-state index in [1.54, 1.807) is 18.4 Å². The van der Waals surface area contributed by atoms with E-state index >= 15 is 0 Å². The highest BCUT2D eigenvalue weighted by molar-refractivity contribution is 7.13. The lowest BCUT2D eigenvalue weighted by atomic mass is 9.99. The Morgan fingerprint density at radius 2 is 2.15 bits per heavy atom. The normalized spacial score (nSPS) is 15.0. The van der Waals surface area contributed by atoms with E-state index in [0.717, 1.165) is 41.9 Å². The number of hydrogen-bond acceptors (Lipinski definition) is 7. The SMILES string of the molecule is CCOc1ccc(CN2CC(c3nc(-c4cccs4)no3)C2)cc1OC. The maximum Gasteiger partial charge on any atom is 0.232 e. The van der Waals surface area contributed by atoms with Gasteiger partial charge in [-0.05, 0) is 36.1 Å². The minimum Gasteiger partial charge on any atom is -0.493 e. The first-order valence-corrected chi connectivity index (χ1v) is 9.54. The Balaban J connectivity index is 1.35. The second-order valence-corrected chi connectivity index (χ2v) is 7.19. The Labute approximate surface area is 156 Å². The monoisotopic (exact) mass is 371 g/mol. The Bertz CT molecular complexity index is 857. The molecule has 3 heterocycles. The average molecular weight is 371 g/mol. The molecule has 26 heavy (non-hydrogen) atoms. The molecular weight excluding hydrogens is 350 g/mol. The van der Waals surface area contributed by atoms with Crippen LogP contribution in [0.1, 0.15) is 24.3 Å². The van der Waals surface area contributed by atoms with Gasteiger partial charge in [0.25, 0.3) is 0 Å². The molecule has 3 aromatic rings. The molecule has 0 atom stereocenters. The summed E-state index contributed by atoms with van der Waals surface area (Å²) in [5, 5.41) is 6.11. The van der Waals surface area contributed by atoms with Gasteiger partial charge in [0, 0.05) is 19.6 Å². The lowest BCUT2D eigenvalue weighted by Gasteiger charge is -2.37. The highest BCUT2D eigenvalue weighted by atomic mass is 32.1. The molecule has 0 bridgehead atoms. The second kappa shape index (κ2) is 7.47. The van der Waals surface area contributed by atoms with Crippen LogP contribution in [-0.2, 0) is 6.54 Å². The van der Waals surface area contributed by atoms with Crippen LogP contribution >= 0.6 is 11.3 Å². The molecule has 2 aromatic heterocycles. The Morgan fingerprint density at radius 3 is 2.88 bits per heavy atom. The predicted molar refractivity (Wildman–Crippen MR) is 99.8 cm³/mol. The first kappa shape index (κ1) is 17.1. The maximum atomic E-state index is 5.57. The molecule has 0 aliphatic carbocycles. The van der Waals surface area contributed by atoms with Gasteiger partial charge in [-0.15, -0.1) is 11.3 Å². The molecule has 0 N–H and O–H groups in total. The molecule has 0 radical (unpaired) electrons. The van der Waals surface area contributed by atoms with Gasteiger partial charge in [-0.1, -0.05) is 17.3 Å². The van der Waals surface area contributed by atoms with Crippen LogP contribution in [0.25, 0.3) is 10.7 Å². The van der Waals surface area contributed by atoms with Crippen molar-refractivity contribution >= 4 is 11.3 Å². The van der Waals surface area contributed by atoms with Gasteiger partial charge in [0.2, 0.25) is 11.7 Å². The zero-order valence-corrected chi connectivity index (χ0v) is 15.7. The molecule has 1 saturated heterocycles. The lowest BCUT2D eigenvalue weighted by Crippen LogP contribution is -2.44. The van der Waals surface area contributed by atoms with E-state index in [1.807, 2.05) is 36.6 Å². The van der Waals surface area contributed by atoms with E-state index in [1.165, 1.54) is 5.56 Å². The van der Waals surface area contributed by atoms with E-state index in [-0.39, 0.29) is 0 Å². The van der Waals surface area contributed by atoms with Gasteiger partial charge in [0.05, 0.1) is 24.5 Å². The molecule has 136 valence electrons. The quantitative estimate of drug-likeness (QED) is 0.629. The van der Waals surface area contributed by atoms with Crippen LogP contribution in [0.2, 0.25) is 0 Å². The minimum absolute atomic E-state index is 0.306. The number of rotatable bonds is 7. The lowest BCUT2D eigenvalue weighted by molar-refractivity contribution is 0.117. The van der Waals surface area contributed by atoms with Crippen molar-refractivity contribution in [2.45, 2.75) is 19.4 Å². The van der Waals surface area contributed by atoms with Gasteiger partial charge in [-0.25, -0.2) is 0 Å². The number of ether oxygens (including phenoxy) is 2. The van der Waals surface area contributed by atoms with Crippen LogP contribution in [0.15, 0.2) is 40.2 Å². The topological polar surface area (TPSA) is 60.6 Å². The smallest absolute Gasteiger partial charge is 0.232 e. The number of thiophene rings is 1. The van der Waals surface area contributed by atoms with Crippen LogP contribution in [0.5, 0.6) is 11.5 Å². The van der Waals surface area contributed by atoms with E-state index in [2.05, 4.69) is 21.1 Å². The fourth-order valence-electron chi connectivity index (χ4n) is 3.11. The number of hydrogen-bond donors (Lipinski definition) is 0. The summed E-state index contributed by atoms with van der Waals surface area (Å²) in [6.45, 7) is 5.30. The van der Waals surface area contributed by atoms with Gasteiger partial charge in [-0.3, -0.25) is 4.90 Å². The van der Waals surface area contributed by atoms with Crippen LogP contribution in [0.4, 0.5) is 0 Å². The fourth-order valence-corrected chi connectivity index (χ4v) is 3.75. The van der Waals surface area contributed by atoms with Crippen LogP contribution < -0.4 is 9.47 Å². The van der Waals surface area contributed by atoms with Gasteiger partial charge in [-0.2, -0.15) is 4.98 Å². The molecule has 0 amide bonds. The molecule has 0 unspecified atom stereocenters. The Morgan fingerprint density at radius 1 is 1.27 bits per heavy atom. The van der Waals surface area contributed by atoms with Crippen molar-refractivity contribution in [1.29, 1.82) is 0 Å². The number of methoxy groups -OCH3 is 1. The predicted octanol–water partition coefficient (Wildman–Crippen LogP) is 3.80. The summed E-state index contributed by atoms with van der Waals surface area (Å²) in [4.78, 5) is 7.94. The second-order valence-electron chi connectivity index (χ2n) is 6.24. The summed E-state index contributed by atoms with van der Waals surface area (Å²) < 4.78 is 16.4. The van der Waals surface area contributed by atoms with Crippen molar-refractivity contribution in [1.82, 2.24) is 15.0 Å². The van der Waals surface area contributed by atoms with Crippen molar-refractivity contribution in [2.75, 3.05) is 26.8 Å². The number of likely N-dealkylation sites (tertiary alicyclic amines) is 1. The third-order valence-corrected chi connectivity index (χ3v) is 5.29. The van der Waals surface area contributed by atoms with Crippen molar-refractivity contribution in [3.8, 4) is 22.2 Å². The third-order valence-electron chi connectivity index (χ3n) is 4.42. The average Bonchev–Trinajstić information content (AvgIpc) is 3.30. The maximum absolute atomic E-state index is 5.57. The highest BCUT2D eigenvalue weighted by Crippen LogP contribution is 2.32.